The molecule has 0 aliphatic carbocycles. The minimum atomic E-state index is -0.279. The van der Waals surface area contributed by atoms with E-state index in [1.807, 2.05) is 6.07 Å². The zero-order chi connectivity index (χ0) is 17.5. The molecule has 1 N–H and O–H groups in total. The van der Waals surface area contributed by atoms with Gasteiger partial charge < -0.3 is 10.2 Å². The lowest BCUT2D eigenvalue weighted by molar-refractivity contribution is -0.120. The van der Waals surface area contributed by atoms with Gasteiger partial charge in [-0.05, 0) is 29.8 Å². The van der Waals surface area contributed by atoms with Crippen LogP contribution >= 0.6 is 0 Å². The smallest absolute Gasteiger partial charge is 0.224 e. The van der Waals surface area contributed by atoms with Crippen LogP contribution in [0.1, 0.15) is 5.56 Å². The summed E-state index contributed by atoms with van der Waals surface area (Å²) in [6.45, 7) is 5.52. The van der Waals surface area contributed by atoms with Gasteiger partial charge in [-0.1, -0.05) is 30.3 Å². The van der Waals surface area contributed by atoms with Gasteiger partial charge in [-0.25, -0.2) is 4.39 Å². The largest absolute Gasteiger partial charge is 0.369 e. The van der Waals surface area contributed by atoms with Crippen LogP contribution in [0.4, 0.5) is 10.1 Å². The van der Waals surface area contributed by atoms with Gasteiger partial charge in [-0.3, -0.25) is 9.69 Å². The first-order chi connectivity index (χ1) is 12.2. The van der Waals surface area contributed by atoms with Crippen molar-refractivity contribution in [2.24, 2.45) is 0 Å². The zero-order valence-corrected chi connectivity index (χ0v) is 14.3. The third-order valence-corrected chi connectivity index (χ3v) is 4.52. The molecule has 132 valence electrons. The van der Waals surface area contributed by atoms with Gasteiger partial charge in [-0.2, -0.15) is 0 Å². The van der Waals surface area contributed by atoms with Crippen LogP contribution < -0.4 is 10.2 Å². The Kier molecular flexibility index (Phi) is 6.01. The number of nitrogens with one attached hydrogen (secondary N) is 1. The maximum atomic E-state index is 12.9. The Hall–Kier alpha value is -2.40. The standard InChI is InChI=1S/C20H24FN3O/c21-18-8-6-17(7-9-18)16-20(25)22-10-11-23-12-14-24(15-13-23)19-4-2-1-3-5-19/h1-9H,10-16H2,(H,22,25). The first kappa shape index (κ1) is 17.4. The number of para-hydroxylation sites is 1. The Morgan fingerprint density at radius 1 is 0.960 bits per heavy atom. The number of carbonyl (C=O) groups excluding carboxylic acids is 1. The van der Waals surface area contributed by atoms with Crippen molar-refractivity contribution >= 4 is 11.6 Å². The van der Waals surface area contributed by atoms with E-state index >= 15 is 0 Å². The summed E-state index contributed by atoms with van der Waals surface area (Å²) in [6, 6.07) is 16.5. The fourth-order valence-electron chi connectivity index (χ4n) is 3.07. The Morgan fingerprint density at radius 2 is 1.64 bits per heavy atom. The molecule has 0 unspecified atom stereocenters. The minimum absolute atomic E-state index is 0.0190. The first-order valence-corrected chi connectivity index (χ1v) is 8.74. The van der Waals surface area contributed by atoms with E-state index in [9.17, 15) is 9.18 Å². The van der Waals surface area contributed by atoms with Crippen LogP contribution in [-0.4, -0.2) is 50.1 Å². The second kappa shape index (κ2) is 8.62. The number of carbonyl (C=O) groups is 1. The van der Waals surface area contributed by atoms with E-state index in [-0.39, 0.29) is 11.7 Å². The van der Waals surface area contributed by atoms with Crippen molar-refractivity contribution in [2.45, 2.75) is 6.42 Å². The van der Waals surface area contributed by atoms with E-state index in [0.29, 0.717) is 13.0 Å². The highest BCUT2D eigenvalue weighted by Crippen LogP contribution is 2.15. The lowest BCUT2D eigenvalue weighted by Gasteiger charge is -2.36. The number of halogens is 1. The first-order valence-electron chi connectivity index (χ1n) is 8.74. The van der Waals surface area contributed by atoms with Crippen LogP contribution in [0.25, 0.3) is 0 Å². The molecule has 1 fully saturated rings. The Bertz CT molecular complexity index is 667. The summed E-state index contributed by atoms with van der Waals surface area (Å²) in [5.74, 6) is -0.298. The van der Waals surface area contributed by atoms with Gasteiger partial charge in [-0.15, -0.1) is 0 Å². The van der Waals surface area contributed by atoms with E-state index in [1.165, 1.54) is 17.8 Å². The van der Waals surface area contributed by atoms with E-state index in [1.54, 1.807) is 12.1 Å². The predicted octanol–water partition coefficient (Wildman–Crippen LogP) is 2.31. The van der Waals surface area contributed by atoms with Gasteiger partial charge in [0.25, 0.3) is 0 Å². The molecule has 0 aromatic heterocycles. The maximum Gasteiger partial charge on any atom is 0.224 e. The molecule has 2 aromatic carbocycles. The van der Waals surface area contributed by atoms with Crippen molar-refractivity contribution in [3.63, 3.8) is 0 Å². The summed E-state index contributed by atoms with van der Waals surface area (Å²) in [6.07, 6.45) is 0.294. The molecule has 1 saturated heterocycles. The van der Waals surface area contributed by atoms with Crippen LogP contribution in [-0.2, 0) is 11.2 Å². The molecular formula is C20H24FN3O. The normalized spacial score (nSPS) is 15.2. The summed E-state index contributed by atoms with van der Waals surface area (Å²) >= 11 is 0. The van der Waals surface area contributed by atoms with Crippen molar-refractivity contribution < 1.29 is 9.18 Å². The van der Waals surface area contributed by atoms with Crippen LogP contribution in [0.2, 0.25) is 0 Å². The molecule has 3 rings (SSSR count). The lowest BCUT2D eigenvalue weighted by Crippen LogP contribution is -2.48. The summed E-state index contributed by atoms with van der Waals surface area (Å²) in [7, 11) is 0. The molecule has 4 nitrogen and oxygen atoms in total. The minimum Gasteiger partial charge on any atom is -0.369 e. The number of amides is 1. The molecular weight excluding hydrogens is 317 g/mol. The highest BCUT2D eigenvalue weighted by Gasteiger charge is 2.16. The number of rotatable bonds is 6. The molecule has 0 radical (unpaired) electrons. The summed E-state index contributed by atoms with van der Waals surface area (Å²) < 4.78 is 12.9. The van der Waals surface area contributed by atoms with Gasteiger partial charge in [0.05, 0.1) is 6.42 Å². The highest BCUT2D eigenvalue weighted by molar-refractivity contribution is 5.78. The SMILES string of the molecule is O=C(Cc1ccc(F)cc1)NCCN1CCN(c2ccccc2)CC1. The average Bonchev–Trinajstić information content (AvgIpc) is 2.65. The van der Waals surface area contributed by atoms with Crippen molar-refractivity contribution in [3.8, 4) is 0 Å². The zero-order valence-electron chi connectivity index (χ0n) is 14.3. The van der Waals surface area contributed by atoms with E-state index < -0.39 is 0 Å². The number of nitrogens with zero attached hydrogens (tertiary/aromatic N) is 2. The maximum absolute atomic E-state index is 12.9. The average molecular weight is 341 g/mol. The Morgan fingerprint density at radius 3 is 2.32 bits per heavy atom. The third kappa shape index (κ3) is 5.29. The second-order valence-electron chi connectivity index (χ2n) is 6.32. The van der Waals surface area contributed by atoms with Crippen LogP contribution in [0.5, 0.6) is 0 Å². The topological polar surface area (TPSA) is 35.6 Å². The summed E-state index contributed by atoms with van der Waals surface area (Å²) in [5.41, 5.74) is 2.10. The lowest BCUT2D eigenvalue weighted by atomic mass is 10.1. The number of hydrogen-bond acceptors (Lipinski definition) is 3. The summed E-state index contributed by atoms with van der Waals surface area (Å²) in [4.78, 5) is 16.7. The van der Waals surface area contributed by atoms with Gasteiger partial charge in [0, 0.05) is 45.0 Å². The number of benzene rings is 2. The predicted molar refractivity (Wildman–Crippen MR) is 98.2 cm³/mol. The molecule has 0 saturated carbocycles. The molecule has 1 heterocycles. The van der Waals surface area contributed by atoms with Gasteiger partial charge in [0.1, 0.15) is 5.82 Å². The van der Waals surface area contributed by atoms with Crippen molar-refractivity contribution in [1.82, 2.24) is 10.2 Å². The van der Waals surface area contributed by atoms with Crippen molar-refractivity contribution in [3.05, 3.63) is 66.0 Å². The fourth-order valence-corrected chi connectivity index (χ4v) is 3.07. The Balaban J connectivity index is 1.34. The Labute approximate surface area is 148 Å². The molecule has 0 atom stereocenters. The molecule has 1 aliphatic rings. The molecule has 2 aromatic rings. The monoisotopic (exact) mass is 341 g/mol. The fraction of sp³-hybridized carbons (Fsp3) is 0.350. The van der Waals surface area contributed by atoms with Crippen LogP contribution in [0, 0.1) is 5.82 Å². The molecule has 1 amide bonds. The second-order valence-corrected chi connectivity index (χ2v) is 6.32. The number of hydrogen-bond donors (Lipinski definition) is 1. The van der Waals surface area contributed by atoms with Gasteiger partial charge >= 0.3 is 0 Å². The van der Waals surface area contributed by atoms with Crippen LogP contribution in [0.15, 0.2) is 54.6 Å². The van der Waals surface area contributed by atoms with Gasteiger partial charge in [0.2, 0.25) is 5.91 Å². The number of anilines is 1. The molecule has 0 spiro atoms. The molecule has 5 heteroatoms. The van der Waals surface area contributed by atoms with E-state index in [0.717, 1.165) is 38.3 Å². The number of piperazine rings is 1. The third-order valence-electron chi connectivity index (χ3n) is 4.52. The molecule has 1 aliphatic heterocycles. The van der Waals surface area contributed by atoms with Gasteiger partial charge in [0.15, 0.2) is 0 Å². The van der Waals surface area contributed by atoms with E-state index in [4.69, 9.17) is 0 Å². The molecule has 25 heavy (non-hydrogen) atoms. The van der Waals surface area contributed by atoms with Crippen LogP contribution in [0.3, 0.4) is 0 Å². The van der Waals surface area contributed by atoms with Crippen molar-refractivity contribution in [2.75, 3.05) is 44.2 Å². The summed E-state index contributed by atoms with van der Waals surface area (Å²) in [5, 5.41) is 2.95. The highest BCUT2D eigenvalue weighted by atomic mass is 19.1. The van der Waals surface area contributed by atoms with E-state index in [2.05, 4.69) is 39.4 Å². The molecule has 0 bridgehead atoms. The quantitative estimate of drug-likeness (QED) is 0.876. The van der Waals surface area contributed by atoms with Crippen molar-refractivity contribution in [1.29, 1.82) is 0 Å².